The molecule has 0 aliphatic carbocycles. The van der Waals surface area contributed by atoms with E-state index >= 15 is 0 Å². The number of benzene rings is 2. The summed E-state index contributed by atoms with van der Waals surface area (Å²) in [5.41, 5.74) is 8.29. The van der Waals surface area contributed by atoms with Crippen molar-refractivity contribution < 1.29 is 14.0 Å². The fraction of sp³-hybridized carbons (Fsp3) is 0.391. The number of hydrogen-bond acceptors (Lipinski definition) is 6. The molecule has 0 fully saturated rings. The van der Waals surface area contributed by atoms with Gasteiger partial charge in [-0.1, -0.05) is 23.7 Å². The lowest BCUT2D eigenvalue weighted by Gasteiger charge is -2.11. The third-order valence-corrected chi connectivity index (χ3v) is 4.83. The smallest absolute Gasteiger partial charge is 0.258 e. The number of nitrogens with zero attached hydrogens (tertiary/aromatic N) is 2. The Morgan fingerprint density at radius 3 is 2.67 bits per heavy atom. The summed E-state index contributed by atoms with van der Waals surface area (Å²) in [5, 5.41) is 4.68. The quantitative estimate of drug-likeness (QED) is 0.427. The monoisotopic (exact) mass is 429 g/mol. The largest absolute Gasteiger partial charge is 0.494 e. The van der Waals surface area contributed by atoms with E-state index in [0.717, 1.165) is 41.7 Å². The van der Waals surface area contributed by atoms with Crippen molar-refractivity contribution in [1.82, 2.24) is 10.1 Å². The fourth-order valence-corrected chi connectivity index (χ4v) is 3.27. The number of ether oxygens (including phenoxy) is 2. The Labute approximate surface area is 182 Å². The van der Waals surface area contributed by atoms with E-state index in [0.29, 0.717) is 35.6 Å². The Morgan fingerprint density at radius 2 is 1.97 bits per heavy atom. The summed E-state index contributed by atoms with van der Waals surface area (Å²) < 4.78 is 17.0. The minimum atomic E-state index is 0.0448. The summed E-state index contributed by atoms with van der Waals surface area (Å²) in [6.45, 7) is 7.34. The van der Waals surface area contributed by atoms with Gasteiger partial charge in [0.05, 0.1) is 17.7 Å². The van der Waals surface area contributed by atoms with Gasteiger partial charge in [0.15, 0.2) is 0 Å². The van der Waals surface area contributed by atoms with Gasteiger partial charge in [-0.05, 0) is 81.6 Å². The minimum Gasteiger partial charge on any atom is -0.494 e. The molecule has 3 rings (SSSR count). The number of aryl methyl sites for hydroxylation is 1. The molecule has 1 heterocycles. The van der Waals surface area contributed by atoms with E-state index in [9.17, 15) is 0 Å². The number of halogens is 1. The van der Waals surface area contributed by atoms with Gasteiger partial charge in [0.1, 0.15) is 11.5 Å². The molecule has 0 unspecified atom stereocenters. The average molecular weight is 430 g/mol. The van der Waals surface area contributed by atoms with Gasteiger partial charge in [-0.2, -0.15) is 4.98 Å². The average Bonchev–Trinajstić information content (AvgIpc) is 3.22. The van der Waals surface area contributed by atoms with Crippen LogP contribution in [0.15, 0.2) is 40.9 Å². The molecule has 0 amide bonds. The van der Waals surface area contributed by atoms with E-state index in [4.69, 9.17) is 31.3 Å². The molecule has 6 nitrogen and oxygen atoms in total. The molecule has 3 aromatic rings. The lowest BCUT2D eigenvalue weighted by molar-refractivity contribution is 0.242. The third-order valence-electron chi connectivity index (χ3n) is 4.53. The van der Waals surface area contributed by atoms with Gasteiger partial charge in [-0.25, -0.2) is 0 Å². The third kappa shape index (κ3) is 5.52. The summed E-state index contributed by atoms with van der Waals surface area (Å²) in [6, 6.07) is 11.4. The van der Waals surface area contributed by atoms with Crippen LogP contribution in [0.2, 0.25) is 5.02 Å². The van der Waals surface area contributed by atoms with Gasteiger partial charge in [0.25, 0.3) is 5.89 Å². The number of aromatic nitrogens is 2. The zero-order chi connectivity index (χ0) is 21.5. The van der Waals surface area contributed by atoms with E-state index in [-0.39, 0.29) is 6.10 Å². The first-order valence-corrected chi connectivity index (χ1v) is 10.7. The van der Waals surface area contributed by atoms with Crippen LogP contribution in [0, 0.1) is 0 Å². The highest BCUT2D eigenvalue weighted by Gasteiger charge is 2.16. The molecule has 0 radical (unpaired) electrons. The van der Waals surface area contributed by atoms with Crippen molar-refractivity contribution in [3.8, 4) is 34.3 Å². The first-order valence-electron chi connectivity index (χ1n) is 10.3. The summed E-state index contributed by atoms with van der Waals surface area (Å²) >= 11 is 6.34. The molecule has 2 N–H and O–H groups in total. The predicted octanol–water partition coefficient (Wildman–Crippen LogP) is 5.52. The van der Waals surface area contributed by atoms with E-state index in [1.54, 1.807) is 6.07 Å². The molecule has 0 saturated carbocycles. The molecule has 160 valence electrons. The van der Waals surface area contributed by atoms with E-state index in [1.807, 2.05) is 44.2 Å². The maximum atomic E-state index is 6.34. The van der Waals surface area contributed by atoms with Crippen LogP contribution in [0.25, 0.3) is 22.8 Å². The van der Waals surface area contributed by atoms with Crippen molar-refractivity contribution in [3.63, 3.8) is 0 Å². The predicted molar refractivity (Wildman–Crippen MR) is 119 cm³/mol. The standard InChI is InChI=1S/C23H28ClN3O3/c1-4-16-13-18(28-12-6-5-11-25)8-9-19(16)22-26-23(30-27-22)17-7-10-21(20(24)14-17)29-15(2)3/h7-10,13-15H,4-6,11-12,25H2,1-3H3. The Kier molecular flexibility index (Phi) is 7.71. The zero-order valence-corrected chi connectivity index (χ0v) is 18.4. The summed E-state index contributed by atoms with van der Waals surface area (Å²) in [7, 11) is 0. The first-order chi connectivity index (χ1) is 14.5. The molecular formula is C23H28ClN3O3. The molecule has 30 heavy (non-hydrogen) atoms. The minimum absolute atomic E-state index is 0.0448. The number of unbranched alkanes of at least 4 members (excludes halogenated alkanes) is 1. The second-order valence-electron chi connectivity index (χ2n) is 7.25. The summed E-state index contributed by atoms with van der Waals surface area (Å²) in [5.74, 6) is 2.41. The van der Waals surface area contributed by atoms with Crippen molar-refractivity contribution in [2.75, 3.05) is 13.2 Å². The highest BCUT2D eigenvalue weighted by Crippen LogP contribution is 2.32. The van der Waals surface area contributed by atoms with Crippen molar-refractivity contribution in [3.05, 3.63) is 47.0 Å². The van der Waals surface area contributed by atoms with Gasteiger partial charge >= 0.3 is 0 Å². The maximum Gasteiger partial charge on any atom is 0.258 e. The molecule has 0 aliphatic heterocycles. The molecule has 2 aromatic carbocycles. The molecule has 0 bridgehead atoms. The molecule has 0 atom stereocenters. The molecule has 0 aliphatic rings. The van der Waals surface area contributed by atoms with E-state index in [2.05, 4.69) is 17.1 Å². The topological polar surface area (TPSA) is 83.4 Å². The number of nitrogens with two attached hydrogens (primary N) is 1. The Morgan fingerprint density at radius 1 is 1.13 bits per heavy atom. The van der Waals surface area contributed by atoms with Gasteiger partial charge in [-0.15, -0.1) is 0 Å². The molecule has 1 aromatic heterocycles. The van der Waals surface area contributed by atoms with Gasteiger partial charge < -0.3 is 19.7 Å². The summed E-state index contributed by atoms with van der Waals surface area (Å²) in [4.78, 5) is 4.58. The second-order valence-corrected chi connectivity index (χ2v) is 7.66. The van der Waals surface area contributed by atoms with Crippen LogP contribution in [-0.4, -0.2) is 29.4 Å². The SMILES string of the molecule is CCc1cc(OCCCCN)ccc1-c1noc(-c2ccc(OC(C)C)c(Cl)c2)n1. The lowest BCUT2D eigenvalue weighted by Crippen LogP contribution is -2.05. The lowest BCUT2D eigenvalue weighted by atomic mass is 10.0. The Hall–Kier alpha value is -2.57. The van der Waals surface area contributed by atoms with Crippen LogP contribution < -0.4 is 15.2 Å². The first kappa shape index (κ1) is 22.1. The Bertz CT molecular complexity index is 972. The highest BCUT2D eigenvalue weighted by atomic mass is 35.5. The Balaban J connectivity index is 1.79. The van der Waals surface area contributed by atoms with Crippen LogP contribution in [0.1, 0.15) is 39.2 Å². The number of rotatable bonds is 10. The van der Waals surface area contributed by atoms with Crippen LogP contribution in [0.5, 0.6) is 11.5 Å². The van der Waals surface area contributed by atoms with Crippen LogP contribution >= 0.6 is 11.6 Å². The van der Waals surface area contributed by atoms with E-state index in [1.165, 1.54) is 0 Å². The molecule has 0 spiro atoms. The number of hydrogen-bond donors (Lipinski definition) is 1. The van der Waals surface area contributed by atoms with Crippen LogP contribution in [0.4, 0.5) is 0 Å². The van der Waals surface area contributed by atoms with Gasteiger partial charge in [0.2, 0.25) is 5.82 Å². The van der Waals surface area contributed by atoms with Crippen molar-refractivity contribution >= 4 is 11.6 Å². The molecule has 7 heteroatoms. The summed E-state index contributed by atoms with van der Waals surface area (Å²) in [6.07, 6.45) is 2.77. The highest BCUT2D eigenvalue weighted by molar-refractivity contribution is 6.32. The molecular weight excluding hydrogens is 402 g/mol. The van der Waals surface area contributed by atoms with Crippen molar-refractivity contribution in [2.45, 2.75) is 46.1 Å². The van der Waals surface area contributed by atoms with Gasteiger partial charge in [0, 0.05) is 11.1 Å². The second kappa shape index (κ2) is 10.5. The van der Waals surface area contributed by atoms with Crippen LogP contribution in [0.3, 0.4) is 0 Å². The van der Waals surface area contributed by atoms with E-state index < -0.39 is 0 Å². The van der Waals surface area contributed by atoms with Gasteiger partial charge in [-0.3, -0.25) is 0 Å². The van der Waals surface area contributed by atoms with Crippen molar-refractivity contribution in [1.29, 1.82) is 0 Å². The zero-order valence-electron chi connectivity index (χ0n) is 17.7. The van der Waals surface area contributed by atoms with Crippen molar-refractivity contribution in [2.24, 2.45) is 5.73 Å². The maximum absolute atomic E-state index is 6.34. The van der Waals surface area contributed by atoms with Crippen LogP contribution in [-0.2, 0) is 6.42 Å². The normalized spacial score (nSPS) is 11.1. The molecule has 0 saturated heterocycles. The fourth-order valence-electron chi connectivity index (χ4n) is 3.04.